The van der Waals surface area contributed by atoms with Gasteiger partial charge in [-0.2, -0.15) is 0 Å². The third kappa shape index (κ3) is 3.99. The highest BCUT2D eigenvalue weighted by molar-refractivity contribution is 8.04. The van der Waals surface area contributed by atoms with Crippen LogP contribution in [0.1, 0.15) is 11.4 Å². The molecule has 6 nitrogen and oxygen atoms in total. The molecule has 0 saturated carbocycles. The molecule has 21 heavy (non-hydrogen) atoms. The summed E-state index contributed by atoms with van der Waals surface area (Å²) in [5.74, 6) is 0.0666. The molecule has 0 fully saturated rings. The molecule has 0 aliphatic rings. The Morgan fingerprint density at radius 3 is 2.86 bits per heavy atom. The molecule has 0 aliphatic carbocycles. The molecule has 1 aromatic carbocycles. The zero-order chi connectivity index (χ0) is 15.4. The smallest absolute Gasteiger partial charge is 0.342 e. The van der Waals surface area contributed by atoms with E-state index in [0.717, 1.165) is 11.8 Å². The van der Waals surface area contributed by atoms with Gasteiger partial charge in [0.15, 0.2) is 0 Å². The second kappa shape index (κ2) is 6.64. The van der Waals surface area contributed by atoms with Gasteiger partial charge in [0.05, 0.1) is 7.11 Å². The lowest BCUT2D eigenvalue weighted by Gasteiger charge is -2.06. The number of methoxy groups -OCH3 is 1. The number of hydrogen-bond donors (Lipinski definition) is 2. The van der Waals surface area contributed by atoms with Gasteiger partial charge < -0.3 is 9.84 Å². The van der Waals surface area contributed by atoms with Gasteiger partial charge in [0.1, 0.15) is 16.5 Å². The maximum Gasteiger partial charge on any atom is 0.342 e. The Morgan fingerprint density at radius 1 is 1.52 bits per heavy atom. The summed E-state index contributed by atoms with van der Waals surface area (Å²) in [6, 6.07) is 4.98. The molecule has 0 amide bonds. The maximum atomic E-state index is 11.4. The number of aromatic amines is 1. The summed E-state index contributed by atoms with van der Waals surface area (Å²) in [6.07, 6.45) is 1.48. The van der Waals surface area contributed by atoms with E-state index in [4.69, 9.17) is 16.3 Å². The molecule has 0 radical (unpaired) electrons. The molecule has 2 rings (SSSR count). The standard InChI is InChI=1S/C13H12ClN3O3S/c1-7-15-13(17-16-7)21-11(12(18)19)6-8-5-9(14)3-4-10(8)20-2/h3-6H,1-2H3,(H,18,19)(H,15,16,17). The molecule has 1 heterocycles. The summed E-state index contributed by atoms with van der Waals surface area (Å²) in [4.78, 5) is 15.5. The van der Waals surface area contributed by atoms with Gasteiger partial charge in [-0.15, -0.1) is 5.10 Å². The van der Waals surface area contributed by atoms with Crippen LogP contribution in [-0.4, -0.2) is 33.4 Å². The Morgan fingerprint density at radius 2 is 2.29 bits per heavy atom. The monoisotopic (exact) mass is 325 g/mol. The molecule has 2 aromatic rings. The number of H-pyrrole nitrogens is 1. The molecule has 2 N–H and O–H groups in total. The fourth-order valence-corrected chi connectivity index (χ4v) is 2.48. The van der Waals surface area contributed by atoms with E-state index < -0.39 is 5.97 Å². The number of aryl methyl sites for hydroxylation is 1. The van der Waals surface area contributed by atoms with Crippen LogP contribution < -0.4 is 4.74 Å². The summed E-state index contributed by atoms with van der Waals surface area (Å²) in [5, 5.41) is 16.7. The highest BCUT2D eigenvalue weighted by atomic mass is 35.5. The van der Waals surface area contributed by atoms with E-state index in [2.05, 4.69) is 15.2 Å². The molecular weight excluding hydrogens is 314 g/mol. The molecule has 0 spiro atoms. The highest BCUT2D eigenvalue weighted by Crippen LogP contribution is 2.30. The van der Waals surface area contributed by atoms with Gasteiger partial charge in [-0.1, -0.05) is 11.6 Å². The van der Waals surface area contributed by atoms with Gasteiger partial charge in [0, 0.05) is 10.6 Å². The Bertz CT molecular complexity index is 700. The van der Waals surface area contributed by atoms with Crippen molar-refractivity contribution in [3.63, 3.8) is 0 Å². The second-order valence-corrected chi connectivity index (χ2v) is 5.45. The average molecular weight is 326 g/mol. The van der Waals surface area contributed by atoms with Crippen LogP contribution in [0.25, 0.3) is 6.08 Å². The van der Waals surface area contributed by atoms with Crippen molar-refractivity contribution in [2.24, 2.45) is 0 Å². The van der Waals surface area contributed by atoms with E-state index in [1.165, 1.54) is 13.2 Å². The lowest BCUT2D eigenvalue weighted by atomic mass is 10.2. The predicted molar refractivity (Wildman–Crippen MR) is 80.6 cm³/mol. The summed E-state index contributed by atoms with van der Waals surface area (Å²) in [6.45, 7) is 1.74. The molecule has 0 unspecified atom stereocenters. The number of aromatic nitrogens is 3. The van der Waals surface area contributed by atoms with Crippen molar-refractivity contribution >= 4 is 35.4 Å². The Kier molecular flexibility index (Phi) is 4.87. The van der Waals surface area contributed by atoms with Gasteiger partial charge >= 0.3 is 5.97 Å². The SMILES string of the molecule is COc1ccc(Cl)cc1C=C(Sc1n[nH]c(C)n1)C(=O)O. The van der Waals surface area contributed by atoms with E-state index in [1.807, 2.05) is 0 Å². The van der Waals surface area contributed by atoms with Crippen LogP contribution in [-0.2, 0) is 4.79 Å². The number of ether oxygens (including phenoxy) is 1. The summed E-state index contributed by atoms with van der Waals surface area (Å²) in [5.41, 5.74) is 0.571. The van der Waals surface area contributed by atoms with E-state index in [9.17, 15) is 9.90 Å². The minimum absolute atomic E-state index is 0.0644. The number of nitrogens with one attached hydrogen (secondary N) is 1. The van der Waals surface area contributed by atoms with Crippen molar-refractivity contribution in [2.45, 2.75) is 12.1 Å². The van der Waals surface area contributed by atoms with E-state index in [-0.39, 0.29) is 4.91 Å². The number of carbonyl (C=O) groups is 1. The largest absolute Gasteiger partial charge is 0.496 e. The number of benzene rings is 1. The fraction of sp³-hybridized carbons (Fsp3) is 0.154. The van der Waals surface area contributed by atoms with Crippen LogP contribution in [0.5, 0.6) is 5.75 Å². The molecule has 0 aliphatic heterocycles. The Labute approximate surface area is 130 Å². The molecule has 1 aromatic heterocycles. The molecule has 110 valence electrons. The van der Waals surface area contributed by atoms with Crippen LogP contribution in [0.15, 0.2) is 28.3 Å². The summed E-state index contributed by atoms with van der Waals surface area (Å²) < 4.78 is 5.19. The van der Waals surface area contributed by atoms with Crippen LogP contribution in [0.4, 0.5) is 0 Å². The topological polar surface area (TPSA) is 88.1 Å². The number of aliphatic carboxylic acids is 1. The minimum atomic E-state index is -1.08. The fourth-order valence-electron chi connectivity index (χ4n) is 1.56. The zero-order valence-electron chi connectivity index (χ0n) is 11.3. The van der Waals surface area contributed by atoms with Gasteiger partial charge in [0.2, 0.25) is 5.16 Å². The summed E-state index contributed by atoms with van der Waals surface area (Å²) >= 11 is 6.88. The number of rotatable bonds is 5. The van der Waals surface area contributed by atoms with Crippen molar-refractivity contribution in [3.05, 3.63) is 39.5 Å². The average Bonchev–Trinajstić information content (AvgIpc) is 2.83. The first-order valence-corrected chi connectivity index (χ1v) is 7.04. The first kappa shape index (κ1) is 15.4. The Hall–Kier alpha value is -1.99. The van der Waals surface area contributed by atoms with Gasteiger partial charge in [-0.3, -0.25) is 5.10 Å². The van der Waals surface area contributed by atoms with E-state index in [1.54, 1.807) is 25.1 Å². The number of carboxylic acid groups (broad SMARTS) is 1. The molecule has 0 saturated heterocycles. The van der Waals surface area contributed by atoms with Crippen LogP contribution in [0.2, 0.25) is 5.02 Å². The number of halogens is 1. The number of nitrogens with zero attached hydrogens (tertiary/aromatic N) is 2. The molecule has 0 atom stereocenters. The van der Waals surface area contributed by atoms with Crippen LogP contribution in [0.3, 0.4) is 0 Å². The van der Waals surface area contributed by atoms with Gasteiger partial charge in [-0.05, 0) is 43.0 Å². The van der Waals surface area contributed by atoms with Gasteiger partial charge in [-0.25, -0.2) is 9.78 Å². The van der Waals surface area contributed by atoms with E-state index >= 15 is 0 Å². The van der Waals surface area contributed by atoms with Crippen LogP contribution >= 0.6 is 23.4 Å². The normalized spacial score (nSPS) is 11.5. The second-order valence-electron chi connectivity index (χ2n) is 4.01. The summed E-state index contributed by atoms with van der Waals surface area (Å²) in [7, 11) is 1.51. The minimum Gasteiger partial charge on any atom is -0.496 e. The third-order valence-corrected chi connectivity index (χ3v) is 3.58. The predicted octanol–water partition coefficient (Wildman–Crippen LogP) is 2.99. The highest BCUT2D eigenvalue weighted by Gasteiger charge is 2.14. The third-order valence-electron chi connectivity index (χ3n) is 2.47. The molecular formula is C13H12ClN3O3S. The number of hydrogen-bond acceptors (Lipinski definition) is 5. The number of carboxylic acids is 1. The molecule has 8 heteroatoms. The Balaban J connectivity index is 2.37. The first-order valence-electron chi connectivity index (χ1n) is 5.85. The van der Waals surface area contributed by atoms with Gasteiger partial charge in [0.25, 0.3) is 0 Å². The molecule has 0 bridgehead atoms. The van der Waals surface area contributed by atoms with Crippen molar-refractivity contribution in [3.8, 4) is 5.75 Å². The number of thioether (sulfide) groups is 1. The van der Waals surface area contributed by atoms with Crippen molar-refractivity contribution in [1.82, 2.24) is 15.2 Å². The van der Waals surface area contributed by atoms with Crippen LogP contribution in [0, 0.1) is 6.92 Å². The maximum absolute atomic E-state index is 11.4. The van der Waals surface area contributed by atoms with Crippen molar-refractivity contribution < 1.29 is 14.6 Å². The van der Waals surface area contributed by atoms with Crippen molar-refractivity contribution in [2.75, 3.05) is 7.11 Å². The lowest BCUT2D eigenvalue weighted by molar-refractivity contribution is -0.131. The first-order chi connectivity index (χ1) is 9.99. The zero-order valence-corrected chi connectivity index (χ0v) is 12.8. The van der Waals surface area contributed by atoms with E-state index in [0.29, 0.717) is 27.3 Å². The van der Waals surface area contributed by atoms with Crippen molar-refractivity contribution in [1.29, 1.82) is 0 Å². The lowest BCUT2D eigenvalue weighted by Crippen LogP contribution is -1.98. The quantitative estimate of drug-likeness (QED) is 0.649.